The van der Waals surface area contributed by atoms with Crippen molar-refractivity contribution in [1.29, 1.82) is 0 Å². The normalized spacial score (nSPS) is 13.4. The maximum Gasteiger partial charge on any atom is 0.462 e. The van der Waals surface area contributed by atoms with Crippen molar-refractivity contribution in [2.45, 2.75) is 46.6 Å². The number of rotatable bonds is 6. The Hall–Kier alpha value is -0.353. The summed E-state index contributed by atoms with van der Waals surface area (Å²) in [5.41, 5.74) is 0.350. The summed E-state index contributed by atoms with van der Waals surface area (Å²) in [6.45, 7) is 10.4. The largest absolute Gasteiger partial charge is 0.492 e. The molecule has 4 heteroatoms. The molecule has 1 radical (unpaired) electrons. The van der Waals surface area contributed by atoms with Crippen molar-refractivity contribution in [1.82, 2.24) is 0 Å². The van der Waals surface area contributed by atoms with Crippen LogP contribution in [0.4, 0.5) is 0 Å². The first-order valence-corrected chi connectivity index (χ1v) is 6.54. The monoisotopic (exact) mass is 217 g/mol. The third kappa shape index (κ3) is 6.15. The lowest BCUT2D eigenvalue weighted by Crippen LogP contribution is -2.30. The van der Waals surface area contributed by atoms with Crippen LogP contribution in [0.15, 0.2) is 0 Å². The van der Waals surface area contributed by atoms with Gasteiger partial charge in [-0.05, 0) is 5.92 Å². The molecule has 14 heavy (non-hydrogen) atoms. The Bertz CT molecular complexity index is 171. The van der Waals surface area contributed by atoms with E-state index in [4.69, 9.17) is 8.85 Å². The van der Waals surface area contributed by atoms with Crippen LogP contribution in [0.3, 0.4) is 0 Å². The van der Waals surface area contributed by atoms with Crippen LogP contribution in [0, 0.1) is 5.92 Å². The molecule has 0 aromatic carbocycles. The standard InChI is InChI=1S/C10H21O3Si/c1-6-9(4)14(13-10(5)11)12-7-8(2)3/h8-9H,6-7H2,1-5H3. The molecule has 0 amide bonds. The van der Waals surface area contributed by atoms with Crippen molar-refractivity contribution in [3.8, 4) is 0 Å². The summed E-state index contributed by atoms with van der Waals surface area (Å²) >= 11 is 0. The van der Waals surface area contributed by atoms with Gasteiger partial charge in [-0.2, -0.15) is 0 Å². The zero-order valence-electron chi connectivity index (χ0n) is 9.79. The highest BCUT2D eigenvalue weighted by Gasteiger charge is 2.26. The zero-order valence-corrected chi connectivity index (χ0v) is 10.8. The number of carbonyl (C=O) groups excluding carboxylic acids is 1. The molecular weight excluding hydrogens is 196 g/mol. The predicted octanol–water partition coefficient (Wildman–Crippen LogP) is 2.51. The third-order valence-electron chi connectivity index (χ3n) is 1.82. The molecule has 1 unspecified atom stereocenters. The van der Waals surface area contributed by atoms with E-state index in [0.29, 0.717) is 18.1 Å². The lowest BCUT2D eigenvalue weighted by atomic mass is 10.2. The van der Waals surface area contributed by atoms with Gasteiger partial charge in [-0.15, -0.1) is 0 Å². The molecule has 0 spiro atoms. The van der Waals surface area contributed by atoms with E-state index < -0.39 is 9.28 Å². The average Bonchev–Trinajstić information content (AvgIpc) is 2.10. The van der Waals surface area contributed by atoms with Crippen molar-refractivity contribution < 1.29 is 13.6 Å². The Kier molecular flexibility index (Phi) is 6.83. The molecular formula is C10H21O3Si. The van der Waals surface area contributed by atoms with Crippen LogP contribution >= 0.6 is 0 Å². The van der Waals surface area contributed by atoms with Gasteiger partial charge in [0.2, 0.25) is 0 Å². The molecule has 0 rings (SSSR count). The van der Waals surface area contributed by atoms with Gasteiger partial charge in [0, 0.05) is 19.1 Å². The fourth-order valence-corrected chi connectivity index (χ4v) is 2.49. The Labute approximate surface area is 88.6 Å². The van der Waals surface area contributed by atoms with E-state index in [1.54, 1.807) is 0 Å². The van der Waals surface area contributed by atoms with E-state index in [9.17, 15) is 4.79 Å². The molecule has 0 aliphatic heterocycles. The van der Waals surface area contributed by atoms with Gasteiger partial charge in [-0.1, -0.05) is 34.1 Å². The Morgan fingerprint density at radius 3 is 2.29 bits per heavy atom. The Morgan fingerprint density at radius 1 is 1.36 bits per heavy atom. The average molecular weight is 217 g/mol. The van der Waals surface area contributed by atoms with Gasteiger partial charge in [0.05, 0.1) is 0 Å². The van der Waals surface area contributed by atoms with E-state index in [1.165, 1.54) is 6.92 Å². The van der Waals surface area contributed by atoms with E-state index in [-0.39, 0.29) is 5.97 Å². The van der Waals surface area contributed by atoms with Crippen molar-refractivity contribution in [3.05, 3.63) is 0 Å². The minimum absolute atomic E-state index is 0.233. The molecule has 83 valence electrons. The molecule has 0 saturated carbocycles. The van der Waals surface area contributed by atoms with Gasteiger partial charge in [0.25, 0.3) is 5.97 Å². The lowest BCUT2D eigenvalue weighted by Gasteiger charge is -2.19. The van der Waals surface area contributed by atoms with Crippen LogP contribution < -0.4 is 0 Å². The van der Waals surface area contributed by atoms with Gasteiger partial charge in [0.15, 0.2) is 0 Å². The lowest BCUT2D eigenvalue weighted by molar-refractivity contribution is -0.133. The summed E-state index contributed by atoms with van der Waals surface area (Å²) in [6, 6.07) is 0. The van der Waals surface area contributed by atoms with E-state index in [2.05, 4.69) is 27.7 Å². The van der Waals surface area contributed by atoms with Crippen LogP contribution in [-0.2, 0) is 13.6 Å². The van der Waals surface area contributed by atoms with Gasteiger partial charge < -0.3 is 8.85 Å². The first kappa shape index (κ1) is 13.6. The van der Waals surface area contributed by atoms with Crippen LogP contribution in [0.2, 0.25) is 5.54 Å². The molecule has 0 aliphatic carbocycles. The maximum atomic E-state index is 10.8. The highest BCUT2D eigenvalue weighted by molar-refractivity contribution is 6.48. The highest BCUT2D eigenvalue weighted by atomic mass is 28.3. The molecule has 0 aromatic heterocycles. The second-order valence-corrected chi connectivity index (χ2v) is 6.04. The first-order valence-electron chi connectivity index (χ1n) is 5.15. The fourth-order valence-electron chi connectivity index (χ4n) is 0.829. The molecule has 0 bridgehead atoms. The fraction of sp³-hybridized carbons (Fsp3) is 0.900. The Balaban J connectivity index is 4.03. The van der Waals surface area contributed by atoms with Gasteiger partial charge in [-0.3, -0.25) is 4.79 Å². The summed E-state index contributed by atoms with van der Waals surface area (Å²) in [5.74, 6) is 0.248. The van der Waals surface area contributed by atoms with E-state index >= 15 is 0 Å². The smallest absolute Gasteiger partial charge is 0.462 e. The predicted molar refractivity (Wildman–Crippen MR) is 58.0 cm³/mol. The molecule has 0 N–H and O–H groups in total. The van der Waals surface area contributed by atoms with Crippen molar-refractivity contribution in [2.75, 3.05) is 6.61 Å². The molecule has 0 saturated heterocycles. The summed E-state index contributed by atoms with van der Waals surface area (Å²) in [7, 11) is -1.42. The molecule has 0 aliphatic rings. The van der Waals surface area contributed by atoms with Gasteiger partial charge in [-0.25, -0.2) is 0 Å². The SMILES string of the molecule is CCC(C)[Si](OCC(C)C)OC(C)=O. The van der Waals surface area contributed by atoms with E-state index in [0.717, 1.165) is 6.42 Å². The summed E-state index contributed by atoms with van der Waals surface area (Å²) in [6.07, 6.45) is 0.986. The topological polar surface area (TPSA) is 35.5 Å². The number of hydrogen-bond acceptors (Lipinski definition) is 3. The summed E-state index contributed by atoms with van der Waals surface area (Å²) in [5, 5.41) is 0. The zero-order chi connectivity index (χ0) is 11.1. The van der Waals surface area contributed by atoms with Crippen molar-refractivity contribution >= 4 is 15.3 Å². The third-order valence-corrected chi connectivity index (χ3v) is 3.97. The summed E-state index contributed by atoms with van der Waals surface area (Å²) in [4.78, 5) is 10.8. The van der Waals surface area contributed by atoms with Gasteiger partial charge in [0.1, 0.15) is 0 Å². The van der Waals surface area contributed by atoms with Crippen LogP contribution in [0.1, 0.15) is 41.0 Å². The second-order valence-electron chi connectivity index (χ2n) is 3.93. The Morgan fingerprint density at radius 2 is 1.93 bits per heavy atom. The van der Waals surface area contributed by atoms with Crippen molar-refractivity contribution in [3.63, 3.8) is 0 Å². The molecule has 0 heterocycles. The molecule has 0 fully saturated rings. The second kappa shape index (κ2) is 7.01. The molecule has 3 nitrogen and oxygen atoms in total. The minimum Gasteiger partial charge on any atom is -0.492 e. The minimum atomic E-state index is -1.42. The molecule has 0 aromatic rings. The van der Waals surface area contributed by atoms with Crippen LogP contribution in [0.25, 0.3) is 0 Å². The number of hydrogen-bond donors (Lipinski definition) is 0. The van der Waals surface area contributed by atoms with E-state index in [1.807, 2.05) is 0 Å². The first-order chi connectivity index (χ1) is 6.47. The highest BCUT2D eigenvalue weighted by Crippen LogP contribution is 2.16. The summed E-state index contributed by atoms with van der Waals surface area (Å²) < 4.78 is 10.8. The van der Waals surface area contributed by atoms with Crippen molar-refractivity contribution in [2.24, 2.45) is 5.92 Å². The maximum absolute atomic E-state index is 10.8. The quantitative estimate of drug-likeness (QED) is 0.641. The van der Waals surface area contributed by atoms with Gasteiger partial charge >= 0.3 is 9.28 Å². The van der Waals surface area contributed by atoms with Crippen LogP contribution in [0.5, 0.6) is 0 Å². The number of carbonyl (C=O) groups is 1. The van der Waals surface area contributed by atoms with Crippen LogP contribution in [-0.4, -0.2) is 21.9 Å². The molecule has 1 atom stereocenters.